The zero-order valence-corrected chi connectivity index (χ0v) is 21.5. The van der Waals surface area contributed by atoms with Crippen LogP contribution in [0.2, 0.25) is 0 Å². The number of aliphatic imine (C=N–C) groups is 1. The molecule has 2 rings (SSSR count). The van der Waals surface area contributed by atoms with E-state index >= 15 is 0 Å². The molecule has 1 saturated heterocycles. The van der Waals surface area contributed by atoms with Crippen molar-refractivity contribution in [1.82, 2.24) is 15.5 Å². The molecule has 10 nitrogen and oxygen atoms in total. The van der Waals surface area contributed by atoms with E-state index in [0.717, 1.165) is 0 Å². The van der Waals surface area contributed by atoms with Gasteiger partial charge in [0.15, 0.2) is 11.7 Å². The van der Waals surface area contributed by atoms with Crippen molar-refractivity contribution in [3.05, 3.63) is 23.7 Å². The van der Waals surface area contributed by atoms with Crippen molar-refractivity contribution in [2.45, 2.75) is 71.6 Å². The maximum Gasteiger partial charge on any atom is 0.412 e. The molecular weight excluding hydrogens is 517 g/mol. The van der Waals surface area contributed by atoms with Gasteiger partial charge in [-0.05, 0) is 53.7 Å². The minimum Gasteiger partial charge on any atom is -0.454 e. The predicted octanol–water partition coefficient (Wildman–Crippen LogP) is 2.42. The molecule has 176 valence electrons. The summed E-state index contributed by atoms with van der Waals surface area (Å²) in [5, 5.41) is 6.30. The van der Waals surface area contributed by atoms with Gasteiger partial charge in [0.2, 0.25) is 0 Å². The van der Waals surface area contributed by atoms with E-state index in [4.69, 9.17) is 19.6 Å². The largest absolute Gasteiger partial charge is 0.454 e. The van der Waals surface area contributed by atoms with Crippen LogP contribution in [-0.2, 0) is 16.0 Å². The maximum atomic E-state index is 12.8. The normalized spacial score (nSPS) is 20.7. The van der Waals surface area contributed by atoms with Gasteiger partial charge in [-0.3, -0.25) is 14.7 Å². The summed E-state index contributed by atoms with van der Waals surface area (Å²) in [5.41, 5.74) is 3.78. The standard InChI is InChI=1S/C20H33N5O5.HI/c1-12-14(25(20(5,6)29-12)18(27)30-19(2,3)4)11-24-17(22-7)23-10-13-8-9-15(28-13)16(21)26;/h8-9,12,14H,10-11H2,1-7H3,(H2,21,26)(H2,22,23,24);1H. The number of primary amides is 1. The lowest BCUT2D eigenvalue weighted by Gasteiger charge is -2.35. The third kappa shape index (κ3) is 7.27. The Bertz CT molecular complexity index is 802. The van der Waals surface area contributed by atoms with E-state index < -0.39 is 23.3 Å². The van der Waals surface area contributed by atoms with Crippen molar-refractivity contribution in [1.29, 1.82) is 0 Å². The number of carbonyl (C=O) groups excluding carboxylic acids is 2. The van der Waals surface area contributed by atoms with Crippen molar-refractivity contribution < 1.29 is 23.5 Å². The van der Waals surface area contributed by atoms with E-state index in [9.17, 15) is 9.59 Å². The molecule has 0 saturated carbocycles. The van der Waals surface area contributed by atoms with Gasteiger partial charge in [0.05, 0.1) is 18.7 Å². The molecule has 0 bridgehead atoms. The number of nitrogens with zero attached hydrogens (tertiary/aromatic N) is 2. The zero-order chi connectivity index (χ0) is 22.7. The Morgan fingerprint density at radius 3 is 2.45 bits per heavy atom. The molecule has 0 aliphatic carbocycles. The number of halogens is 1. The van der Waals surface area contributed by atoms with Gasteiger partial charge in [0.25, 0.3) is 5.91 Å². The Morgan fingerprint density at radius 1 is 1.29 bits per heavy atom. The number of nitrogens with two attached hydrogens (primary N) is 1. The lowest BCUT2D eigenvalue weighted by Crippen LogP contribution is -2.54. The Labute approximate surface area is 200 Å². The average Bonchev–Trinajstić information content (AvgIpc) is 3.15. The highest BCUT2D eigenvalue weighted by Crippen LogP contribution is 2.33. The summed E-state index contributed by atoms with van der Waals surface area (Å²) in [6.07, 6.45) is -0.637. The first-order valence-electron chi connectivity index (χ1n) is 9.87. The first-order valence-corrected chi connectivity index (χ1v) is 9.87. The molecular formula is C20H34IN5O5. The minimum absolute atomic E-state index is 0. The van der Waals surface area contributed by atoms with E-state index in [1.54, 1.807) is 18.0 Å². The average molecular weight is 551 g/mol. The zero-order valence-electron chi connectivity index (χ0n) is 19.1. The van der Waals surface area contributed by atoms with Gasteiger partial charge in [0.1, 0.15) is 17.1 Å². The monoisotopic (exact) mass is 551 g/mol. The molecule has 2 atom stereocenters. The van der Waals surface area contributed by atoms with Crippen LogP contribution in [-0.4, -0.2) is 59.9 Å². The number of hydrogen-bond acceptors (Lipinski definition) is 6. The number of hydrogen-bond donors (Lipinski definition) is 3. The van der Waals surface area contributed by atoms with Crippen LogP contribution in [0.25, 0.3) is 0 Å². The van der Waals surface area contributed by atoms with Crippen LogP contribution in [0, 0.1) is 0 Å². The summed E-state index contributed by atoms with van der Waals surface area (Å²) < 4.78 is 16.9. The van der Waals surface area contributed by atoms with E-state index in [1.165, 1.54) is 6.07 Å². The third-order valence-electron chi connectivity index (χ3n) is 4.55. The van der Waals surface area contributed by atoms with Gasteiger partial charge in [-0.25, -0.2) is 4.79 Å². The third-order valence-corrected chi connectivity index (χ3v) is 4.55. The Morgan fingerprint density at radius 2 is 1.94 bits per heavy atom. The molecule has 0 aromatic carbocycles. The Hall–Kier alpha value is -2.02. The first-order chi connectivity index (χ1) is 13.8. The fraction of sp³-hybridized carbons (Fsp3) is 0.650. The fourth-order valence-electron chi connectivity index (χ4n) is 3.32. The lowest BCUT2D eigenvalue weighted by atomic mass is 10.1. The number of guanidine groups is 1. The van der Waals surface area contributed by atoms with E-state index in [-0.39, 0.29) is 41.9 Å². The summed E-state index contributed by atoms with van der Waals surface area (Å²) >= 11 is 0. The van der Waals surface area contributed by atoms with Gasteiger partial charge in [0, 0.05) is 13.6 Å². The van der Waals surface area contributed by atoms with Gasteiger partial charge in [-0.1, -0.05) is 0 Å². The van der Waals surface area contributed by atoms with Crippen molar-refractivity contribution in [2.75, 3.05) is 13.6 Å². The molecule has 2 amide bonds. The molecule has 1 aliphatic rings. The molecule has 11 heteroatoms. The molecule has 1 aliphatic heterocycles. The number of carbonyl (C=O) groups is 2. The molecule has 1 fully saturated rings. The smallest absolute Gasteiger partial charge is 0.412 e. The van der Waals surface area contributed by atoms with E-state index in [0.29, 0.717) is 24.8 Å². The minimum atomic E-state index is -0.801. The van der Waals surface area contributed by atoms with Gasteiger partial charge < -0.3 is 30.3 Å². The van der Waals surface area contributed by atoms with Crippen LogP contribution in [0.4, 0.5) is 4.79 Å². The molecule has 2 unspecified atom stereocenters. The lowest BCUT2D eigenvalue weighted by molar-refractivity contribution is -0.0755. The quantitative estimate of drug-likeness (QED) is 0.291. The maximum absolute atomic E-state index is 12.8. The Kier molecular flexibility index (Phi) is 9.18. The van der Waals surface area contributed by atoms with Crippen molar-refractivity contribution in [3.8, 4) is 0 Å². The first kappa shape index (κ1) is 27.0. The fourth-order valence-corrected chi connectivity index (χ4v) is 3.32. The number of nitrogens with one attached hydrogen (secondary N) is 2. The second kappa shape index (κ2) is 10.5. The highest BCUT2D eigenvalue weighted by molar-refractivity contribution is 14.0. The van der Waals surface area contributed by atoms with Crippen LogP contribution in [0.3, 0.4) is 0 Å². The van der Waals surface area contributed by atoms with Crippen LogP contribution in [0.15, 0.2) is 21.5 Å². The van der Waals surface area contributed by atoms with Crippen molar-refractivity contribution in [2.24, 2.45) is 10.7 Å². The number of furan rings is 1. The summed E-state index contributed by atoms with van der Waals surface area (Å²) in [4.78, 5) is 29.7. The molecule has 1 aromatic rings. The molecule has 31 heavy (non-hydrogen) atoms. The number of rotatable bonds is 5. The van der Waals surface area contributed by atoms with Gasteiger partial charge >= 0.3 is 6.09 Å². The summed E-state index contributed by atoms with van der Waals surface area (Å²) in [7, 11) is 1.64. The van der Waals surface area contributed by atoms with Crippen LogP contribution in [0.5, 0.6) is 0 Å². The molecule has 2 heterocycles. The second-order valence-corrected chi connectivity index (χ2v) is 8.62. The van der Waals surface area contributed by atoms with Gasteiger partial charge in [-0.15, -0.1) is 24.0 Å². The van der Waals surface area contributed by atoms with Crippen LogP contribution < -0.4 is 16.4 Å². The van der Waals surface area contributed by atoms with E-state index in [2.05, 4.69) is 15.6 Å². The summed E-state index contributed by atoms with van der Waals surface area (Å²) in [6, 6.07) is 2.92. The van der Waals surface area contributed by atoms with Crippen LogP contribution >= 0.6 is 24.0 Å². The van der Waals surface area contributed by atoms with Crippen LogP contribution in [0.1, 0.15) is 57.9 Å². The second-order valence-electron chi connectivity index (χ2n) is 8.62. The summed E-state index contributed by atoms with van der Waals surface area (Å²) in [5.74, 6) is 0.527. The Balaban J connectivity index is 0.00000480. The topological polar surface area (TPSA) is 131 Å². The molecule has 0 spiro atoms. The van der Waals surface area contributed by atoms with Crippen molar-refractivity contribution >= 4 is 41.9 Å². The summed E-state index contributed by atoms with van der Waals surface area (Å²) in [6.45, 7) is 11.8. The predicted molar refractivity (Wildman–Crippen MR) is 127 cm³/mol. The molecule has 1 aromatic heterocycles. The van der Waals surface area contributed by atoms with Crippen molar-refractivity contribution in [3.63, 3.8) is 0 Å². The van der Waals surface area contributed by atoms with Gasteiger partial charge in [-0.2, -0.15) is 0 Å². The molecule has 4 N–H and O–H groups in total. The van der Waals surface area contributed by atoms with E-state index in [1.807, 2.05) is 41.5 Å². The highest BCUT2D eigenvalue weighted by Gasteiger charge is 2.49. The number of amides is 2. The SMILES string of the molecule is CN=C(NCc1ccc(C(N)=O)o1)NCC1C(C)OC(C)(C)N1C(=O)OC(C)(C)C.I. The highest BCUT2D eigenvalue weighted by atomic mass is 127. The number of ether oxygens (including phenoxy) is 2. The molecule has 0 radical (unpaired) electrons.